The average molecular weight is 359 g/mol. The number of nitrogens with zero attached hydrogens (tertiary/aromatic N) is 2. The highest BCUT2D eigenvalue weighted by Crippen LogP contribution is 2.28. The number of aromatic nitrogens is 1. The molecule has 0 spiro atoms. The van der Waals surface area contributed by atoms with Gasteiger partial charge in [0.15, 0.2) is 0 Å². The van der Waals surface area contributed by atoms with Crippen LogP contribution in [0.1, 0.15) is 5.56 Å². The van der Waals surface area contributed by atoms with Gasteiger partial charge in [0.2, 0.25) is 0 Å². The largest absolute Gasteiger partial charge is 0.379 e. The van der Waals surface area contributed by atoms with E-state index in [1.807, 2.05) is 18.2 Å². The molecule has 2 heterocycles. The molecule has 0 radical (unpaired) electrons. The molecule has 1 aromatic heterocycles. The molecular formula is C20H20ClFN2O. The monoisotopic (exact) mass is 358 g/mol. The van der Waals surface area contributed by atoms with Gasteiger partial charge < -0.3 is 9.30 Å². The van der Waals surface area contributed by atoms with Gasteiger partial charge in [-0.05, 0) is 54.4 Å². The van der Waals surface area contributed by atoms with Crippen LogP contribution >= 0.6 is 11.6 Å². The normalized spacial score (nSPS) is 15.8. The van der Waals surface area contributed by atoms with Crippen molar-refractivity contribution in [2.24, 2.45) is 0 Å². The average Bonchev–Trinajstić information content (AvgIpc) is 2.99. The van der Waals surface area contributed by atoms with Gasteiger partial charge in [-0.3, -0.25) is 4.90 Å². The maximum Gasteiger partial charge on any atom is 0.123 e. The van der Waals surface area contributed by atoms with E-state index in [0.29, 0.717) is 0 Å². The molecule has 5 heteroatoms. The number of hydrogen-bond donors (Lipinski definition) is 0. The van der Waals surface area contributed by atoms with Crippen LogP contribution in [0.4, 0.5) is 4.39 Å². The van der Waals surface area contributed by atoms with E-state index in [1.54, 1.807) is 12.1 Å². The molecule has 1 fully saturated rings. The third kappa shape index (κ3) is 3.56. The van der Waals surface area contributed by atoms with Gasteiger partial charge in [-0.2, -0.15) is 0 Å². The van der Waals surface area contributed by atoms with Gasteiger partial charge in [0.1, 0.15) is 5.82 Å². The van der Waals surface area contributed by atoms with Crippen molar-refractivity contribution in [3.63, 3.8) is 0 Å². The van der Waals surface area contributed by atoms with Crippen LogP contribution in [0.5, 0.6) is 0 Å². The molecule has 3 nitrogen and oxygen atoms in total. The van der Waals surface area contributed by atoms with E-state index in [4.69, 9.17) is 16.3 Å². The second-order valence-electron chi connectivity index (χ2n) is 6.37. The molecule has 130 valence electrons. The molecular weight excluding hydrogens is 339 g/mol. The van der Waals surface area contributed by atoms with Gasteiger partial charge in [0.25, 0.3) is 0 Å². The minimum Gasteiger partial charge on any atom is -0.379 e. The summed E-state index contributed by atoms with van der Waals surface area (Å²) in [5.74, 6) is -0.226. The number of fused-ring (bicyclic) bond motifs is 1. The topological polar surface area (TPSA) is 17.4 Å². The molecule has 3 aromatic rings. The third-order valence-corrected chi connectivity index (χ3v) is 4.99. The van der Waals surface area contributed by atoms with Crippen molar-refractivity contribution in [1.29, 1.82) is 0 Å². The maximum absolute atomic E-state index is 13.3. The second-order valence-corrected chi connectivity index (χ2v) is 6.80. The second kappa shape index (κ2) is 7.16. The van der Waals surface area contributed by atoms with Crippen molar-refractivity contribution in [2.75, 3.05) is 32.8 Å². The van der Waals surface area contributed by atoms with Crippen molar-refractivity contribution >= 4 is 22.5 Å². The standard InChI is InChI=1S/C20H20ClFN2O/c21-16-1-6-20-19(13-16)15(7-8-23-9-11-25-12-10-23)14-24(20)18-4-2-17(22)3-5-18/h1-6,13-14H,7-12H2. The van der Waals surface area contributed by atoms with Crippen LogP contribution in [0.15, 0.2) is 48.7 Å². The summed E-state index contributed by atoms with van der Waals surface area (Å²) < 4.78 is 20.8. The molecule has 0 amide bonds. The van der Waals surface area contributed by atoms with Gasteiger partial charge >= 0.3 is 0 Å². The highest BCUT2D eigenvalue weighted by molar-refractivity contribution is 6.31. The van der Waals surface area contributed by atoms with Gasteiger partial charge in [-0.15, -0.1) is 0 Å². The zero-order valence-corrected chi connectivity index (χ0v) is 14.7. The molecule has 0 aliphatic carbocycles. The Bertz CT molecular complexity index is 869. The lowest BCUT2D eigenvalue weighted by atomic mass is 10.1. The Balaban J connectivity index is 1.68. The first-order chi connectivity index (χ1) is 12.2. The minimum atomic E-state index is -0.226. The molecule has 0 N–H and O–H groups in total. The summed E-state index contributed by atoms with van der Waals surface area (Å²) in [6, 6.07) is 12.5. The molecule has 1 saturated heterocycles. The van der Waals surface area contributed by atoms with Gasteiger partial charge in [0, 0.05) is 41.9 Å². The number of morpholine rings is 1. The molecule has 1 aliphatic rings. The molecule has 2 aromatic carbocycles. The molecule has 25 heavy (non-hydrogen) atoms. The summed E-state index contributed by atoms with van der Waals surface area (Å²) >= 11 is 6.23. The summed E-state index contributed by atoms with van der Waals surface area (Å²) in [4.78, 5) is 2.43. The van der Waals surface area contributed by atoms with Crippen LogP contribution < -0.4 is 0 Å². The summed E-state index contributed by atoms with van der Waals surface area (Å²) in [5, 5.41) is 1.89. The predicted octanol–water partition coefficient (Wildman–Crippen LogP) is 4.30. The number of rotatable bonds is 4. The number of ether oxygens (including phenoxy) is 1. The molecule has 1 aliphatic heterocycles. The number of hydrogen-bond acceptors (Lipinski definition) is 2. The van der Waals surface area contributed by atoms with Crippen molar-refractivity contribution in [3.05, 3.63) is 65.1 Å². The third-order valence-electron chi connectivity index (χ3n) is 4.75. The fourth-order valence-corrected chi connectivity index (χ4v) is 3.56. The van der Waals surface area contributed by atoms with E-state index in [2.05, 4.69) is 15.7 Å². The van der Waals surface area contributed by atoms with E-state index in [0.717, 1.165) is 60.9 Å². The summed E-state index contributed by atoms with van der Waals surface area (Å²) in [7, 11) is 0. The van der Waals surface area contributed by atoms with Crippen molar-refractivity contribution in [1.82, 2.24) is 9.47 Å². The highest BCUT2D eigenvalue weighted by atomic mass is 35.5. The van der Waals surface area contributed by atoms with Gasteiger partial charge in [-0.1, -0.05) is 11.6 Å². The Kier molecular flexibility index (Phi) is 4.75. The lowest BCUT2D eigenvalue weighted by Crippen LogP contribution is -2.37. The Morgan fingerprint density at radius 2 is 1.80 bits per heavy atom. The summed E-state index contributed by atoms with van der Waals surface area (Å²) in [6.45, 7) is 4.58. The lowest BCUT2D eigenvalue weighted by molar-refractivity contribution is 0.0385. The van der Waals surface area contributed by atoms with E-state index in [9.17, 15) is 4.39 Å². The Labute approximate surface area is 151 Å². The SMILES string of the molecule is Fc1ccc(-n2cc(CCN3CCOCC3)c3cc(Cl)ccc32)cc1. The van der Waals surface area contributed by atoms with Crippen LogP contribution in [-0.2, 0) is 11.2 Å². The Hall–Kier alpha value is -1.88. The minimum absolute atomic E-state index is 0.226. The first-order valence-electron chi connectivity index (χ1n) is 8.56. The fourth-order valence-electron chi connectivity index (χ4n) is 3.39. The highest BCUT2D eigenvalue weighted by Gasteiger charge is 2.14. The van der Waals surface area contributed by atoms with E-state index in [-0.39, 0.29) is 5.82 Å². The Morgan fingerprint density at radius 3 is 2.56 bits per heavy atom. The molecule has 0 saturated carbocycles. The first-order valence-corrected chi connectivity index (χ1v) is 8.94. The van der Waals surface area contributed by atoms with Crippen molar-refractivity contribution in [2.45, 2.75) is 6.42 Å². The summed E-state index contributed by atoms with van der Waals surface area (Å²) in [6.07, 6.45) is 3.10. The quantitative estimate of drug-likeness (QED) is 0.692. The zero-order chi connectivity index (χ0) is 17.2. The van der Waals surface area contributed by atoms with E-state index >= 15 is 0 Å². The van der Waals surface area contributed by atoms with Gasteiger partial charge in [0.05, 0.1) is 18.7 Å². The Morgan fingerprint density at radius 1 is 1.04 bits per heavy atom. The van der Waals surface area contributed by atoms with Crippen LogP contribution in [0, 0.1) is 5.82 Å². The molecule has 0 bridgehead atoms. The van der Waals surface area contributed by atoms with Crippen molar-refractivity contribution < 1.29 is 9.13 Å². The van der Waals surface area contributed by atoms with Crippen molar-refractivity contribution in [3.8, 4) is 5.69 Å². The molecule has 0 atom stereocenters. The van der Waals surface area contributed by atoms with Crippen LogP contribution in [-0.4, -0.2) is 42.3 Å². The predicted molar refractivity (Wildman–Crippen MR) is 99.2 cm³/mol. The van der Waals surface area contributed by atoms with Crippen LogP contribution in [0.2, 0.25) is 5.02 Å². The van der Waals surface area contributed by atoms with Crippen LogP contribution in [0.3, 0.4) is 0 Å². The number of halogens is 2. The fraction of sp³-hybridized carbons (Fsp3) is 0.300. The van der Waals surface area contributed by atoms with Gasteiger partial charge in [-0.25, -0.2) is 4.39 Å². The van der Waals surface area contributed by atoms with Crippen LogP contribution in [0.25, 0.3) is 16.6 Å². The van der Waals surface area contributed by atoms with E-state index in [1.165, 1.54) is 17.7 Å². The summed E-state index contributed by atoms with van der Waals surface area (Å²) in [5.41, 5.74) is 3.30. The first kappa shape index (κ1) is 16.6. The lowest BCUT2D eigenvalue weighted by Gasteiger charge is -2.26. The zero-order valence-electron chi connectivity index (χ0n) is 13.9. The molecule has 0 unspecified atom stereocenters. The van der Waals surface area contributed by atoms with E-state index < -0.39 is 0 Å². The smallest absolute Gasteiger partial charge is 0.123 e. The maximum atomic E-state index is 13.3. The molecule has 4 rings (SSSR count). The number of benzene rings is 2.